The highest BCUT2D eigenvalue weighted by atomic mass is 16.2. The molecule has 0 unspecified atom stereocenters. The Morgan fingerprint density at radius 1 is 1.50 bits per heavy atom. The quantitative estimate of drug-likeness (QED) is 0.652. The molecule has 1 aliphatic rings. The number of anilines is 1. The van der Waals surface area contributed by atoms with Crippen LogP contribution in [-0.2, 0) is 11.2 Å². The molecular formula is C18H22N6O2. The minimum Gasteiger partial charge on any atom is -0.374 e. The normalized spacial score (nSPS) is 14.5. The zero-order valence-corrected chi connectivity index (χ0v) is 14.6. The number of pyridine rings is 1. The van der Waals surface area contributed by atoms with Crippen molar-refractivity contribution in [2.75, 3.05) is 25.0 Å². The van der Waals surface area contributed by atoms with E-state index in [0.717, 1.165) is 23.5 Å². The molecule has 136 valence electrons. The molecule has 1 amide bonds. The zero-order chi connectivity index (χ0) is 18.5. The number of likely N-dealkylation sites (tertiary alicyclic amines) is 1. The summed E-state index contributed by atoms with van der Waals surface area (Å²) in [6.45, 7) is 3.42. The van der Waals surface area contributed by atoms with Gasteiger partial charge in [-0.25, -0.2) is 9.97 Å². The van der Waals surface area contributed by atoms with Crippen molar-refractivity contribution in [1.82, 2.24) is 19.9 Å². The monoisotopic (exact) mass is 354 g/mol. The number of hydrogen-bond acceptors (Lipinski definition) is 6. The van der Waals surface area contributed by atoms with Crippen LogP contribution < -0.4 is 16.6 Å². The number of aromatic nitrogens is 3. The second-order valence-electron chi connectivity index (χ2n) is 6.07. The molecule has 26 heavy (non-hydrogen) atoms. The van der Waals surface area contributed by atoms with Gasteiger partial charge in [-0.3, -0.25) is 9.59 Å². The highest BCUT2D eigenvalue weighted by Crippen LogP contribution is 2.19. The van der Waals surface area contributed by atoms with E-state index in [-0.39, 0.29) is 17.5 Å². The number of carbonyl (C=O) groups is 1. The lowest BCUT2D eigenvalue weighted by atomic mass is 10.1. The second kappa shape index (κ2) is 7.92. The van der Waals surface area contributed by atoms with Crippen LogP contribution in [0, 0.1) is 0 Å². The highest BCUT2D eigenvalue weighted by molar-refractivity contribution is 5.88. The average molecular weight is 354 g/mol. The molecule has 0 spiro atoms. The van der Waals surface area contributed by atoms with Gasteiger partial charge in [-0.2, -0.15) is 0 Å². The van der Waals surface area contributed by atoms with Gasteiger partial charge in [0.05, 0.1) is 11.7 Å². The smallest absolute Gasteiger partial charge is 0.271 e. The molecular weight excluding hydrogens is 332 g/mol. The lowest BCUT2D eigenvalue weighted by Crippen LogP contribution is -2.57. The van der Waals surface area contributed by atoms with Gasteiger partial charge in [0.25, 0.3) is 5.56 Å². The number of aromatic amines is 1. The van der Waals surface area contributed by atoms with Gasteiger partial charge >= 0.3 is 0 Å². The van der Waals surface area contributed by atoms with Crippen molar-refractivity contribution in [3.63, 3.8) is 0 Å². The molecule has 3 heterocycles. The predicted molar refractivity (Wildman–Crippen MR) is 99.7 cm³/mol. The van der Waals surface area contributed by atoms with Gasteiger partial charge in [-0.05, 0) is 12.1 Å². The Labute approximate surface area is 151 Å². The maximum atomic E-state index is 12.1. The van der Waals surface area contributed by atoms with E-state index in [0.29, 0.717) is 25.3 Å². The molecule has 2 aromatic heterocycles. The maximum absolute atomic E-state index is 12.1. The van der Waals surface area contributed by atoms with Crippen LogP contribution in [0.1, 0.15) is 12.7 Å². The van der Waals surface area contributed by atoms with Crippen molar-refractivity contribution >= 4 is 11.6 Å². The molecule has 0 aliphatic carbocycles. The summed E-state index contributed by atoms with van der Waals surface area (Å²) < 4.78 is 0. The minimum atomic E-state index is -0.202. The summed E-state index contributed by atoms with van der Waals surface area (Å²) in [6.07, 6.45) is 7.20. The van der Waals surface area contributed by atoms with E-state index in [1.165, 1.54) is 6.08 Å². The first-order valence-corrected chi connectivity index (χ1v) is 8.57. The molecule has 0 radical (unpaired) electrons. The van der Waals surface area contributed by atoms with Gasteiger partial charge in [0.2, 0.25) is 5.91 Å². The van der Waals surface area contributed by atoms with Crippen molar-refractivity contribution in [2.45, 2.75) is 19.4 Å². The first kappa shape index (κ1) is 17.8. The summed E-state index contributed by atoms with van der Waals surface area (Å²) in [5.74, 6) is 0.686. The van der Waals surface area contributed by atoms with Crippen molar-refractivity contribution in [3.05, 3.63) is 52.9 Å². The largest absolute Gasteiger partial charge is 0.374 e. The van der Waals surface area contributed by atoms with Gasteiger partial charge in [-0.1, -0.05) is 13.0 Å². The van der Waals surface area contributed by atoms with Gasteiger partial charge in [0.15, 0.2) is 0 Å². The van der Waals surface area contributed by atoms with Gasteiger partial charge in [-0.15, -0.1) is 0 Å². The summed E-state index contributed by atoms with van der Waals surface area (Å²) >= 11 is 0. The number of aryl methyl sites for hydroxylation is 1. The topological polar surface area (TPSA) is 117 Å². The van der Waals surface area contributed by atoms with Crippen molar-refractivity contribution in [3.8, 4) is 11.3 Å². The van der Waals surface area contributed by atoms with Crippen LogP contribution in [0.15, 0.2) is 41.5 Å². The van der Waals surface area contributed by atoms with Crippen LogP contribution in [0.4, 0.5) is 5.69 Å². The molecule has 3 rings (SSSR count). The van der Waals surface area contributed by atoms with Crippen LogP contribution in [-0.4, -0.2) is 51.4 Å². The third kappa shape index (κ3) is 3.97. The van der Waals surface area contributed by atoms with Crippen LogP contribution in [0.3, 0.4) is 0 Å². The zero-order valence-electron chi connectivity index (χ0n) is 14.6. The number of hydrogen-bond donors (Lipinski definition) is 3. The summed E-state index contributed by atoms with van der Waals surface area (Å²) in [4.78, 5) is 37.0. The summed E-state index contributed by atoms with van der Waals surface area (Å²) in [5, 5.41) is 3.20. The van der Waals surface area contributed by atoms with E-state index in [1.807, 2.05) is 13.0 Å². The van der Waals surface area contributed by atoms with E-state index in [2.05, 4.69) is 20.3 Å². The van der Waals surface area contributed by atoms with Crippen molar-refractivity contribution in [1.29, 1.82) is 0 Å². The molecule has 8 nitrogen and oxygen atoms in total. The predicted octanol–water partition coefficient (Wildman–Crippen LogP) is 0.532. The maximum Gasteiger partial charge on any atom is 0.271 e. The molecule has 1 saturated heterocycles. The fraction of sp³-hybridized carbons (Fsp3) is 0.333. The Morgan fingerprint density at radius 3 is 3.04 bits per heavy atom. The number of carbonyl (C=O) groups excluding carboxylic acids is 1. The van der Waals surface area contributed by atoms with E-state index in [4.69, 9.17) is 5.73 Å². The molecule has 0 bridgehead atoms. The molecule has 4 N–H and O–H groups in total. The average Bonchev–Trinajstić information content (AvgIpc) is 2.63. The lowest BCUT2D eigenvalue weighted by Gasteiger charge is -2.39. The van der Waals surface area contributed by atoms with E-state index < -0.39 is 0 Å². The molecule has 0 saturated carbocycles. The number of H-pyrrole nitrogens is 1. The lowest BCUT2D eigenvalue weighted by molar-refractivity contribution is -0.129. The number of rotatable bonds is 6. The van der Waals surface area contributed by atoms with Gasteiger partial charge < -0.3 is 20.9 Å². The van der Waals surface area contributed by atoms with E-state index in [1.54, 1.807) is 29.4 Å². The molecule has 2 aromatic rings. The number of nitrogens with one attached hydrogen (secondary N) is 2. The minimum absolute atomic E-state index is 0.0400. The fourth-order valence-corrected chi connectivity index (χ4v) is 2.71. The Morgan fingerprint density at radius 2 is 2.31 bits per heavy atom. The Balaban J connectivity index is 1.69. The Hall–Kier alpha value is -3.00. The van der Waals surface area contributed by atoms with Crippen molar-refractivity contribution < 1.29 is 4.79 Å². The van der Waals surface area contributed by atoms with Crippen LogP contribution >= 0.6 is 0 Å². The van der Waals surface area contributed by atoms with Crippen molar-refractivity contribution in [2.24, 2.45) is 5.73 Å². The molecule has 0 atom stereocenters. The van der Waals surface area contributed by atoms with Gasteiger partial charge in [0, 0.05) is 50.1 Å². The van der Waals surface area contributed by atoms with E-state index >= 15 is 0 Å². The van der Waals surface area contributed by atoms with Gasteiger partial charge in [0.1, 0.15) is 11.5 Å². The SMILES string of the molecule is CCc1nccc(-c2c[nH]c(=O)c(NC3CN(C(=O)/C=C/CN)C3)c2)n1. The number of nitrogens with two attached hydrogens (primary N) is 1. The molecule has 1 aliphatic heterocycles. The third-order valence-corrected chi connectivity index (χ3v) is 4.17. The standard InChI is InChI=1S/C18H22N6O2/c1-2-16-20-7-5-14(23-16)12-8-15(18(26)21-9-12)22-13-10-24(11-13)17(25)4-3-6-19/h3-5,7-9,13,22H,2,6,10-11,19H2,1H3,(H,21,26)/b4-3+. The molecule has 1 fully saturated rings. The summed E-state index contributed by atoms with van der Waals surface area (Å²) in [7, 11) is 0. The Kier molecular flexibility index (Phi) is 5.43. The summed E-state index contributed by atoms with van der Waals surface area (Å²) in [6, 6.07) is 3.63. The molecule has 0 aromatic carbocycles. The summed E-state index contributed by atoms with van der Waals surface area (Å²) in [5.41, 5.74) is 7.18. The number of nitrogens with zero attached hydrogens (tertiary/aromatic N) is 3. The highest BCUT2D eigenvalue weighted by Gasteiger charge is 2.29. The first-order valence-electron chi connectivity index (χ1n) is 8.57. The first-order chi connectivity index (χ1) is 12.6. The molecule has 8 heteroatoms. The third-order valence-electron chi connectivity index (χ3n) is 4.17. The van der Waals surface area contributed by atoms with Crippen LogP contribution in [0.5, 0.6) is 0 Å². The fourth-order valence-electron chi connectivity index (χ4n) is 2.71. The van der Waals surface area contributed by atoms with Crippen LogP contribution in [0.25, 0.3) is 11.3 Å². The Bertz CT molecular complexity index is 870. The second-order valence-corrected chi connectivity index (χ2v) is 6.07. The van der Waals surface area contributed by atoms with E-state index in [9.17, 15) is 9.59 Å². The number of amides is 1. The van der Waals surface area contributed by atoms with Crippen LogP contribution in [0.2, 0.25) is 0 Å².